The molecular weight excluding hydrogens is 376 g/mol. The summed E-state index contributed by atoms with van der Waals surface area (Å²) in [4.78, 5) is 10.6. The minimum Gasteiger partial charge on any atom is -0.508 e. The van der Waals surface area contributed by atoms with Gasteiger partial charge in [-0.25, -0.2) is 0 Å². The number of benzene rings is 4. The van der Waals surface area contributed by atoms with Crippen molar-refractivity contribution < 1.29 is 19.7 Å². The summed E-state index contributed by atoms with van der Waals surface area (Å²) in [6.07, 6.45) is 3.37. The van der Waals surface area contributed by atoms with Gasteiger partial charge in [-0.15, -0.1) is 0 Å². The predicted octanol–water partition coefficient (Wildman–Crippen LogP) is 6.49. The van der Waals surface area contributed by atoms with Crippen molar-refractivity contribution in [2.24, 2.45) is 0 Å². The van der Waals surface area contributed by atoms with E-state index in [9.17, 15) is 9.90 Å². The molecule has 0 atom stereocenters. The molecule has 0 radical (unpaired) electrons. The Bertz CT molecular complexity index is 1210. The van der Waals surface area contributed by atoms with Crippen LogP contribution in [-0.2, 0) is 4.79 Å². The monoisotopic (exact) mass is 396 g/mol. The number of phenols is 1. The first-order chi connectivity index (χ1) is 14.6. The second-order valence-corrected chi connectivity index (χ2v) is 6.89. The highest BCUT2D eigenvalue weighted by molar-refractivity contribution is 5.96. The molecule has 0 bridgehead atoms. The van der Waals surface area contributed by atoms with Crippen molar-refractivity contribution in [1.29, 1.82) is 0 Å². The van der Waals surface area contributed by atoms with Gasteiger partial charge in [0, 0.05) is 10.9 Å². The third-order valence-electron chi connectivity index (χ3n) is 4.74. The molecule has 4 rings (SSSR count). The molecule has 30 heavy (non-hydrogen) atoms. The normalized spacial score (nSPS) is 11.1. The molecule has 0 aliphatic carbocycles. The Balaban J connectivity index is 1.72. The van der Waals surface area contributed by atoms with Crippen molar-refractivity contribution in [2.75, 3.05) is 0 Å². The summed E-state index contributed by atoms with van der Waals surface area (Å²) in [7, 11) is 0. The van der Waals surface area contributed by atoms with Crippen LogP contribution in [0.25, 0.3) is 28.0 Å². The zero-order valence-electron chi connectivity index (χ0n) is 16.2. The molecule has 0 saturated heterocycles. The number of hydrogen-bond donors (Lipinski definition) is 2. The van der Waals surface area contributed by atoms with Crippen LogP contribution in [0.2, 0.25) is 0 Å². The second-order valence-electron chi connectivity index (χ2n) is 6.89. The molecule has 0 heterocycles. The second kappa shape index (κ2) is 8.53. The molecule has 0 aliphatic rings. The summed E-state index contributed by atoms with van der Waals surface area (Å²) in [6.45, 7) is 0. The zero-order chi connectivity index (χ0) is 20.9. The van der Waals surface area contributed by atoms with E-state index in [1.54, 1.807) is 24.3 Å². The number of carboxylic acid groups (broad SMARTS) is 1. The van der Waals surface area contributed by atoms with E-state index < -0.39 is 5.97 Å². The average molecular weight is 396 g/mol. The molecule has 0 aromatic heterocycles. The van der Waals surface area contributed by atoms with Gasteiger partial charge in [0.1, 0.15) is 17.2 Å². The minimum atomic E-state index is -0.860. The van der Waals surface area contributed by atoms with Crippen LogP contribution in [0.4, 0.5) is 0 Å². The maximum absolute atomic E-state index is 10.6. The Morgan fingerprint density at radius 3 is 2.40 bits per heavy atom. The van der Waals surface area contributed by atoms with Gasteiger partial charge >= 0.3 is 5.97 Å². The van der Waals surface area contributed by atoms with Gasteiger partial charge in [0.2, 0.25) is 0 Å². The largest absolute Gasteiger partial charge is 0.508 e. The molecule has 0 spiro atoms. The van der Waals surface area contributed by atoms with Crippen molar-refractivity contribution in [3.63, 3.8) is 0 Å². The Hall–Kier alpha value is -4.05. The summed E-state index contributed by atoms with van der Waals surface area (Å²) >= 11 is 0. The van der Waals surface area contributed by atoms with E-state index in [0.29, 0.717) is 11.5 Å². The molecule has 0 fully saturated rings. The van der Waals surface area contributed by atoms with Gasteiger partial charge in [0.25, 0.3) is 0 Å². The highest BCUT2D eigenvalue weighted by atomic mass is 16.5. The van der Waals surface area contributed by atoms with Crippen molar-refractivity contribution in [3.8, 4) is 28.4 Å². The fraction of sp³-hybridized carbons (Fsp3) is 0.0385. The number of hydrogen-bond acceptors (Lipinski definition) is 3. The van der Waals surface area contributed by atoms with E-state index in [1.165, 1.54) is 0 Å². The van der Waals surface area contributed by atoms with E-state index in [-0.39, 0.29) is 12.2 Å². The number of ether oxygens (including phenoxy) is 1. The number of carbonyl (C=O) groups is 1. The van der Waals surface area contributed by atoms with Gasteiger partial charge in [-0.1, -0.05) is 60.7 Å². The summed E-state index contributed by atoms with van der Waals surface area (Å²) in [5, 5.41) is 20.4. The van der Waals surface area contributed by atoms with E-state index in [4.69, 9.17) is 9.84 Å². The fourth-order valence-electron chi connectivity index (χ4n) is 3.30. The molecule has 2 N–H and O–H groups in total. The molecule has 4 aromatic rings. The Labute approximate surface area is 174 Å². The number of aromatic hydroxyl groups is 1. The summed E-state index contributed by atoms with van der Waals surface area (Å²) in [6, 6.07) is 26.7. The van der Waals surface area contributed by atoms with Crippen LogP contribution < -0.4 is 4.74 Å². The molecule has 4 aromatic carbocycles. The van der Waals surface area contributed by atoms with Gasteiger partial charge in [0.15, 0.2) is 0 Å². The van der Waals surface area contributed by atoms with Gasteiger partial charge in [0.05, 0.1) is 6.42 Å². The van der Waals surface area contributed by atoms with Crippen LogP contribution in [-0.4, -0.2) is 16.2 Å². The lowest BCUT2D eigenvalue weighted by Crippen LogP contribution is -1.91. The fourth-order valence-corrected chi connectivity index (χ4v) is 3.30. The first kappa shape index (κ1) is 19.3. The lowest BCUT2D eigenvalue weighted by Gasteiger charge is -2.15. The first-order valence-corrected chi connectivity index (χ1v) is 9.57. The Kier molecular flexibility index (Phi) is 5.48. The van der Waals surface area contributed by atoms with E-state index >= 15 is 0 Å². The molecule has 148 valence electrons. The van der Waals surface area contributed by atoms with Crippen LogP contribution in [0.1, 0.15) is 12.0 Å². The summed E-state index contributed by atoms with van der Waals surface area (Å²) in [5.74, 6) is 0.732. The van der Waals surface area contributed by atoms with Crippen LogP contribution >= 0.6 is 0 Å². The summed E-state index contributed by atoms with van der Waals surface area (Å²) < 4.78 is 6.31. The molecule has 0 saturated carbocycles. The first-order valence-electron chi connectivity index (χ1n) is 9.57. The molecule has 0 amide bonds. The lowest BCUT2D eigenvalue weighted by atomic mass is 9.99. The van der Waals surface area contributed by atoms with Gasteiger partial charge in [-0.2, -0.15) is 0 Å². The third kappa shape index (κ3) is 4.33. The van der Waals surface area contributed by atoms with Crippen LogP contribution in [0.3, 0.4) is 0 Å². The van der Waals surface area contributed by atoms with Crippen molar-refractivity contribution in [3.05, 3.63) is 96.6 Å². The molecule has 4 heteroatoms. The lowest BCUT2D eigenvalue weighted by molar-refractivity contribution is -0.135. The quantitative estimate of drug-likeness (QED) is 0.391. The zero-order valence-corrected chi connectivity index (χ0v) is 16.2. The molecule has 4 nitrogen and oxygen atoms in total. The van der Waals surface area contributed by atoms with Crippen molar-refractivity contribution >= 4 is 22.8 Å². The number of fused-ring (bicyclic) bond motifs is 1. The Morgan fingerprint density at radius 2 is 1.67 bits per heavy atom. The maximum atomic E-state index is 10.6. The van der Waals surface area contributed by atoms with E-state index in [0.717, 1.165) is 27.5 Å². The average Bonchev–Trinajstić information content (AvgIpc) is 2.75. The van der Waals surface area contributed by atoms with Crippen LogP contribution in [0, 0.1) is 0 Å². The predicted molar refractivity (Wildman–Crippen MR) is 119 cm³/mol. The van der Waals surface area contributed by atoms with Crippen molar-refractivity contribution in [1.82, 2.24) is 0 Å². The molecule has 0 unspecified atom stereocenters. The highest BCUT2D eigenvalue weighted by Crippen LogP contribution is 2.40. The minimum absolute atomic E-state index is 0.0124. The standard InChI is InChI=1S/C26H20O4/c27-21-12-16-24-20(17-21)11-15-23(19-6-2-1-3-7-19)26(24)30-22-13-9-18(10-14-22)5-4-8-25(28)29/h1-7,9-17,27H,8H2,(H,28,29)/b5-4+. The van der Waals surface area contributed by atoms with E-state index in [2.05, 4.69) is 0 Å². The highest BCUT2D eigenvalue weighted by Gasteiger charge is 2.12. The number of aliphatic carboxylic acids is 1. The smallest absolute Gasteiger partial charge is 0.307 e. The van der Waals surface area contributed by atoms with Crippen LogP contribution in [0.5, 0.6) is 17.2 Å². The third-order valence-corrected chi connectivity index (χ3v) is 4.74. The van der Waals surface area contributed by atoms with E-state index in [1.807, 2.05) is 72.8 Å². The van der Waals surface area contributed by atoms with Crippen molar-refractivity contribution in [2.45, 2.75) is 6.42 Å². The topological polar surface area (TPSA) is 66.8 Å². The Morgan fingerprint density at radius 1 is 0.900 bits per heavy atom. The van der Waals surface area contributed by atoms with Gasteiger partial charge < -0.3 is 14.9 Å². The SMILES string of the molecule is O=C(O)C/C=C/c1ccc(Oc2c(-c3ccccc3)ccc3cc(O)ccc23)cc1. The number of rotatable bonds is 6. The summed E-state index contributed by atoms with van der Waals surface area (Å²) in [5.41, 5.74) is 2.89. The maximum Gasteiger partial charge on any atom is 0.307 e. The number of phenolic OH excluding ortho intramolecular Hbond substituents is 1. The van der Waals surface area contributed by atoms with Gasteiger partial charge in [-0.05, 0) is 52.9 Å². The molecular formula is C26H20O4. The number of carboxylic acids is 1. The van der Waals surface area contributed by atoms with Crippen LogP contribution in [0.15, 0.2) is 91.0 Å². The molecule has 0 aliphatic heterocycles. The van der Waals surface area contributed by atoms with Gasteiger partial charge in [-0.3, -0.25) is 4.79 Å².